The molecule has 1 heterocycles. The van der Waals surface area contributed by atoms with Crippen molar-refractivity contribution in [3.63, 3.8) is 0 Å². The fraction of sp³-hybridized carbons (Fsp3) is 0.182. The fourth-order valence-electron chi connectivity index (χ4n) is 2.71. The van der Waals surface area contributed by atoms with E-state index in [-0.39, 0.29) is 5.91 Å². The average Bonchev–Trinajstić information content (AvgIpc) is 2.69. The summed E-state index contributed by atoms with van der Waals surface area (Å²) in [5.74, 6) is -0.120. The Morgan fingerprint density at radius 1 is 0.963 bits per heavy atom. The number of aromatic nitrogens is 1. The number of benzene rings is 2. The zero-order chi connectivity index (χ0) is 19.1. The van der Waals surface area contributed by atoms with Gasteiger partial charge in [-0.15, -0.1) is 0 Å². The Morgan fingerprint density at radius 3 is 2.41 bits per heavy atom. The molecule has 0 aliphatic heterocycles. The lowest BCUT2D eigenvalue weighted by molar-refractivity contribution is 0.0954. The van der Waals surface area contributed by atoms with Gasteiger partial charge in [0.1, 0.15) is 0 Å². The summed E-state index contributed by atoms with van der Waals surface area (Å²) in [5.41, 5.74) is 4.60. The Morgan fingerprint density at radius 2 is 1.70 bits per heavy atom. The second kappa shape index (κ2) is 8.85. The quantitative estimate of drug-likeness (QED) is 0.672. The summed E-state index contributed by atoms with van der Waals surface area (Å²) >= 11 is 0. The van der Waals surface area contributed by atoms with E-state index in [1.165, 1.54) is 5.56 Å². The molecule has 1 aromatic heterocycles. The number of hydrogen-bond donors (Lipinski definition) is 2. The highest BCUT2D eigenvalue weighted by atomic mass is 16.1. The first-order chi connectivity index (χ1) is 13.1. The summed E-state index contributed by atoms with van der Waals surface area (Å²) in [5, 5.41) is 6.23. The van der Waals surface area contributed by atoms with Crippen LogP contribution in [-0.2, 0) is 6.42 Å². The van der Waals surface area contributed by atoms with Gasteiger partial charge in [-0.05, 0) is 42.3 Å². The van der Waals surface area contributed by atoms with Crippen molar-refractivity contribution in [3.8, 4) is 0 Å². The highest BCUT2D eigenvalue weighted by Gasteiger charge is 2.07. The summed E-state index contributed by atoms with van der Waals surface area (Å²) in [6.45, 7) is 0.590. The van der Waals surface area contributed by atoms with Crippen LogP contribution in [0.5, 0.6) is 0 Å². The standard InChI is InChI=1S/C22H24N4O/c1-26(2)21-10-8-19(9-11-21)25-20-14-18(15-23-16-20)22(27)24-13-12-17-6-4-3-5-7-17/h3-11,14-16,25H,12-13H2,1-2H3,(H,24,27). The predicted octanol–water partition coefficient (Wildman–Crippen LogP) is 3.86. The molecule has 2 N–H and O–H groups in total. The average molecular weight is 360 g/mol. The van der Waals surface area contributed by atoms with Crippen molar-refractivity contribution in [2.45, 2.75) is 6.42 Å². The van der Waals surface area contributed by atoms with Gasteiger partial charge in [-0.25, -0.2) is 0 Å². The lowest BCUT2D eigenvalue weighted by atomic mass is 10.1. The summed E-state index contributed by atoms with van der Waals surface area (Å²) < 4.78 is 0. The first-order valence-corrected chi connectivity index (χ1v) is 8.93. The van der Waals surface area contributed by atoms with E-state index >= 15 is 0 Å². The molecular weight excluding hydrogens is 336 g/mol. The number of hydrogen-bond acceptors (Lipinski definition) is 4. The second-order valence-electron chi connectivity index (χ2n) is 6.52. The Balaban J connectivity index is 1.58. The number of pyridine rings is 1. The van der Waals surface area contributed by atoms with Crippen molar-refractivity contribution in [1.29, 1.82) is 0 Å². The van der Waals surface area contributed by atoms with E-state index in [0.717, 1.165) is 23.5 Å². The van der Waals surface area contributed by atoms with E-state index in [2.05, 4.69) is 27.8 Å². The van der Waals surface area contributed by atoms with E-state index < -0.39 is 0 Å². The normalized spacial score (nSPS) is 10.3. The van der Waals surface area contributed by atoms with Crippen molar-refractivity contribution >= 4 is 23.0 Å². The molecule has 0 spiro atoms. The molecule has 0 radical (unpaired) electrons. The van der Waals surface area contributed by atoms with Crippen LogP contribution in [0.2, 0.25) is 0 Å². The van der Waals surface area contributed by atoms with Gasteiger partial charge in [-0.2, -0.15) is 0 Å². The topological polar surface area (TPSA) is 57.3 Å². The number of amides is 1. The molecule has 0 aliphatic carbocycles. The van der Waals surface area contributed by atoms with E-state index in [4.69, 9.17) is 0 Å². The fourth-order valence-corrected chi connectivity index (χ4v) is 2.71. The molecule has 2 aromatic carbocycles. The van der Waals surface area contributed by atoms with Crippen molar-refractivity contribution in [2.75, 3.05) is 30.9 Å². The molecule has 27 heavy (non-hydrogen) atoms. The molecule has 0 saturated heterocycles. The smallest absolute Gasteiger partial charge is 0.252 e. The minimum Gasteiger partial charge on any atom is -0.378 e. The third-order valence-corrected chi connectivity index (χ3v) is 4.21. The predicted molar refractivity (Wildman–Crippen MR) is 111 cm³/mol. The molecule has 0 saturated carbocycles. The first kappa shape index (κ1) is 18.5. The van der Waals surface area contributed by atoms with Crippen LogP contribution < -0.4 is 15.5 Å². The number of rotatable bonds is 7. The first-order valence-electron chi connectivity index (χ1n) is 8.93. The molecule has 1 amide bonds. The number of carbonyl (C=O) groups excluding carboxylic acids is 1. The van der Waals surface area contributed by atoms with Gasteiger partial charge in [0.2, 0.25) is 0 Å². The van der Waals surface area contributed by atoms with Gasteiger partial charge in [-0.1, -0.05) is 30.3 Å². The number of anilines is 3. The highest BCUT2D eigenvalue weighted by molar-refractivity contribution is 5.94. The molecule has 3 rings (SSSR count). The molecule has 0 unspecified atom stereocenters. The summed E-state index contributed by atoms with van der Waals surface area (Å²) in [6, 6.07) is 20.0. The second-order valence-corrected chi connectivity index (χ2v) is 6.52. The minimum atomic E-state index is -0.120. The highest BCUT2D eigenvalue weighted by Crippen LogP contribution is 2.20. The largest absolute Gasteiger partial charge is 0.378 e. The molecule has 0 aliphatic rings. The van der Waals surface area contributed by atoms with Gasteiger partial charge in [-0.3, -0.25) is 9.78 Å². The van der Waals surface area contributed by atoms with E-state index in [9.17, 15) is 4.79 Å². The van der Waals surface area contributed by atoms with Gasteiger partial charge < -0.3 is 15.5 Å². The van der Waals surface area contributed by atoms with Crippen molar-refractivity contribution in [3.05, 3.63) is 84.2 Å². The zero-order valence-corrected chi connectivity index (χ0v) is 15.6. The molecule has 5 heteroatoms. The zero-order valence-electron chi connectivity index (χ0n) is 15.6. The van der Waals surface area contributed by atoms with E-state index in [0.29, 0.717) is 12.1 Å². The van der Waals surface area contributed by atoms with E-state index in [1.807, 2.05) is 67.5 Å². The van der Waals surface area contributed by atoms with Gasteiger partial charge in [0.05, 0.1) is 17.4 Å². The van der Waals surface area contributed by atoms with Crippen molar-refractivity contribution < 1.29 is 4.79 Å². The van der Waals surface area contributed by atoms with E-state index in [1.54, 1.807) is 12.4 Å². The van der Waals surface area contributed by atoms with Crippen LogP contribution in [0.4, 0.5) is 17.1 Å². The van der Waals surface area contributed by atoms with Gasteiger partial charge in [0, 0.05) is 38.2 Å². The third-order valence-electron chi connectivity index (χ3n) is 4.21. The Kier molecular flexibility index (Phi) is 6.05. The van der Waals surface area contributed by atoms with Gasteiger partial charge in [0.25, 0.3) is 5.91 Å². The monoisotopic (exact) mass is 360 g/mol. The maximum absolute atomic E-state index is 12.4. The molecular formula is C22H24N4O. The number of carbonyl (C=O) groups is 1. The Hall–Kier alpha value is -3.34. The Bertz CT molecular complexity index is 876. The molecule has 5 nitrogen and oxygen atoms in total. The summed E-state index contributed by atoms with van der Waals surface area (Å²) in [4.78, 5) is 18.6. The molecule has 0 fully saturated rings. The number of nitrogens with zero attached hydrogens (tertiary/aromatic N) is 2. The Labute approximate surface area is 160 Å². The SMILES string of the molecule is CN(C)c1ccc(Nc2cncc(C(=O)NCCc3ccccc3)c2)cc1. The number of nitrogens with one attached hydrogen (secondary N) is 2. The van der Waals surface area contributed by atoms with Crippen LogP contribution in [0.3, 0.4) is 0 Å². The maximum Gasteiger partial charge on any atom is 0.252 e. The van der Waals surface area contributed by atoms with Crippen LogP contribution in [0.1, 0.15) is 15.9 Å². The summed E-state index contributed by atoms with van der Waals surface area (Å²) in [6.07, 6.45) is 4.09. The molecule has 138 valence electrons. The molecule has 3 aromatic rings. The van der Waals surface area contributed by atoms with Crippen LogP contribution in [0.15, 0.2) is 73.1 Å². The lowest BCUT2D eigenvalue weighted by Crippen LogP contribution is -2.25. The van der Waals surface area contributed by atoms with Crippen LogP contribution in [0.25, 0.3) is 0 Å². The van der Waals surface area contributed by atoms with Crippen LogP contribution in [0, 0.1) is 0 Å². The van der Waals surface area contributed by atoms with Crippen LogP contribution >= 0.6 is 0 Å². The minimum absolute atomic E-state index is 0.120. The third kappa shape index (κ3) is 5.31. The van der Waals surface area contributed by atoms with Crippen molar-refractivity contribution in [2.24, 2.45) is 0 Å². The molecule has 0 atom stereocenters. The molecule has 0 bridgehead atoms. The van der Waals surface area contributed by atoms with Gasteiger partial charge >= 0.3 is 0 Å². The van der Waals surface area contributed by atoms with Crippen molar-refractivity contribution in [1.82, 2.24) is 10.3 Å². The maximum atomic E-state index is 12.4. The van der Waals surface area contributed by atoms with Gasteiger partial charge in [0.15, 0.2) is 0 Å². The summed E-state index contributed by atoms with van der Waals surface area (Å²) in [7, 11) is 4.01. The van der Waals surface area contributed by atoms with Crippen LogP contribution in [-0.4, -0.2) is 31.5 Å². The lowest BCUT2D eigenvalue weighted by Gasteiger charge is -2.13.